The van der Waals surface area contributed by atoms with Crippen LogP contribution in [0.1, 0.15) is 50.2 Å². The first-order valence-electron chi connectivity index (χ1n) is 10.9. The molecule has 1 saturated carbocycles. The zero-order chi connectivity index (χ0) is 22.2. The van der Waals surface area contributed by atoms with Crippen LogP contribution in [0, 0.1) is 5.82 Å². The molecule has 0 radical (unpaired) electrons. The summed E-state index contributed by atoms with van der Waals surface area (Å²) >= 11 is 0. The molecule has 1 N–H and O–H groups in total. The summed E-state index contributed by atoms with van der Waals surface area (Å²) in [6.07, 6.45) is 5.58. The van der Waals surface area contributed by atoms with Crippen molar-refractivity contribution in [2.45, 2.75) is 64.1 Å². The normalized spacial score (nSPS) is 15.2. The molecule has 1 fully saturated rings. The van der Waals surface area contributed by atoms with Gasteiger partial charge in [-0.1, -0.05) is 43.5 Å². The number of halogens is 1. The third-order valence-corrected chi connectivity index (χ3v) is 5.90. The standard InChI is InChI=1S/C25H31FN2O3/c1-18(25(30)27-22-6-4-3-5-7-22)28(17-20-8-12-21(26)13-9-20)24(29)16-19-10-14-23(31-2)15-11-19/h8-15,18,22H,3-7,16-17H2,1-2H3,(H,27,30). The van der Waals surface area contributed by atoms with E-state index >= 15 is 0 Å². The van der Waals surface area contributed by atoms with Gasteiger partial charge in [0.1, 0.15) is 17.6 Å². The lowest BCUT2D eigenvalue weighted by Gasteiger charge is -2.31. The molecule has 2 aromatic carbocycles. The zero-order valence-electron chi connectivity index (χ0n) is 18.3. The van der Waals surface area contributed by atoms with Crippen molar-refractivity contribution >= 4 is 11.8 Å². The van der Waals surface area contributed by atoms with Crippen molar-refractivity contribution in [2.24, 2.45) is 0 Å². The fourth-order valence-corrected chi connectivity index (χ4v) is 3.96. The molecule has 1 atom stereocenters. The molecule has 0 saturated heterocycles. The van der Waals surface area contributed by atoms with E-state index in [9.17, 15) is 14.0 Å². The number of hydrogen-bond donors (Lipinski definition) is 1. The maximum absolute atomic E-state index is 13.3. The number of ether oxygens (including phenoxy) is 1. The molecule has 1 aliphatic rings. The van der Waals surface area contributed by atoms with Crippen LogP contribution in [0.2, 0.25) is 0 Å². The summed E-state index contributed by atoms with van der Waals surface area (Å²) in [6.45, 7) is 2.00. The van der Waals surface area contributed by atoms with Gasteiger partial charge in [0.25, 0.3) is 0 Å². The fraction of sp³-hybridized carbons (Fsp3) is 0.440. The smallest absolute Gasteiger partial charge is 0.242 e. The van der Waals surface area contributed by atoms with Crippen LogP contribution >= 0.6 is 0 Å². The Kier molecular flexibility index (Phi) is 8.04. The molecule has 166 valence electrons. The third-order valence-electron chi connectivity index (χ3n) is 5.90. The lowest BCUT2D eigenvalue weighted by molar-refractivity contribution is -0.140. The molecular weight excluding hydrogens is 395 g/mol. The Balaban J connectivity index is 1.74. The lowest BCUT2D eigenvalue weighted by Crippen LogP contribution is -2.50. The van der Waals surface area contributed by atoms with Gasteiger partial charge in [-0.05, 0) is 55.2 Å². The van der Waals surface area contributed by atoms with Crippen LogP contribution in [-0.4, -0.2) is 35.9 Å². The summed E-state index contributed by atoms with van der Waals surface area (Å²) in [5, 5.41) is 3.12. The van der Waals surface area contributed by atoms with Crippen molar-refractivity contribution in [3.05, 3.63) is 65.5 Å². The molecule has 0 spiro atoms. The molecule has 0 heterocycles. The highest BCUT2D eigenvalue weighted by Crippen LogP contribution is 2.19. The number of carbonyl (C=O) groups is 2. The number of hydrogen-bond acceptors (Lipinski definition) is 3. The van der Waals surface area contributed by atoms with Gasteiger partial charge in [0, 0.05) is 12.6 Å². The molecule has 6 heteroatoms. The molecule has 2 aromatic rings. The molecule has 3 rings (SSSR count). The van der Waals surface area contributed by atoms with Crippen LogP contribution in [0.25, 0.3) is 0 Å². The van der Waals surface area contributed by atoms with E-state index in [-0.39, 0.29) is 36.6 Å². The Morgan fingerprint density at radius 1 is 1.03 bits per heavy atom. The first-order valence-corrected chi connectivity index (χ1v) is 10.9. The average molecular weight is 427 g/mol. The van der Waals surface area contributed by atoms with Gasteiger partial charge in [0.05, 0.1) is 13.5 Å². The van der Waals surface area contributed by atoms with E-state index in [0.29, 0.717) is 0 Å². The van der Waals surface area contributed by atoms with E-state index in [1.54, 1.807) is 31.1 Å². The minimum atomic E-state index is -0.627. The molecule has 0 bridgehead atoms. The van der Waals surface area contributed by atoms with E-state index < -0.39 is 6.04 Å². The Hall–Kier alpha value is -2.89. The second-order valence-corrected chi connectivity index (χ2v) is 8.19. The highest BCUT2D eigenvalue weighted by Gasteiger charge is 2.28. The van der Waals surface area contributed by atoms with Gasteiger partial charge >= 0.3 is 0 Å². The largest absolute Gasteiger partial charge is 0.497 e. The minimum absolute atomic E-state index is 0.142. The highest BCUT2D eigenvalue weighted by molar-refractivity contribution is 5.88. The van der Waals surface area contributed by atoms with Gasteiger partial charge in [-0.2, -0.15) is 0 Å². The van der Waals surface area contributed by atoms with Gasteiger partial charge in [0.15, 0.2) is 0 Å². The van der Waals surface area contributed by atoms with E-state index in [2.05, 4.69) is 5.32 Å². The predicted octanol–water partition coefficient (Wildman–Crippen LogP) is 4.24. The maximum Gasteiger partial charge on any atom is 0.242 e. The van der Waals surface area contributed by atoms with Crippen molar-refractivity contribution in [3.63, 3.8) is 0 Å². The SMILES string of the molecule is COc1ccc(CC(=O)N(Cc2ccc(F)cc2)C(C)C(=O)NC2CCCCC2)cc1. The van der Waals surface area contributed by atoms with Crippen molar-refractivity contribution in [1.29, 1.82) is 0 Å². The molecular formula is C25H31FN2O3. The number of nitrogens with zero attached hydrogens (tertiary/aromatic N) is 1. The van der Waals surface area contributed by atoms with Crippen LogP contribution in [0.3, 0.4) is 0 Å². The number of amides is 2. The minimum Gasteiger partial charge on any atom is -0.497 e. The third kappa shape index (κ3) is 6.54. The van der Waals surface area contributed by atoms with Crippen LogP contribution in [0.4, 0.5) is 4.39 Å². The van der Waals surface area contributed by atoms with E-state index in [0.717, 1.165) is 42.6 Å². The monoisotopic (exact) mass is 426 g/mol. The number of nitrogens with one attached hydrogen (secondary N) is 1. The summed E-state index contributed by atoms with van der Waals surface area (Å²) in [6, 6.07) is 12.9. The van der Waals surface area contributed by atoms with Crippen molar-refractivity contribution in [3.8, 4) is 5.75 Å². The Morgan fingerprint density at radius 2 is 1.65 bits per heavy atom. The first-order chi connectivity index (χ1) is 15.0. The topological polar surface area (TPSA) is 58.6 Å². The van der Waals surface area contributed by atoms with Gasteiger partial charge in [-0.25, -0.2) is 4.39 Å². The Bertz CT molecular complexity index is 861. The molecule has 2 amide bonds. The molecule has 0 aromatic heterocycles. The Labute approximate surface area is 183 Å². The summed E-state index contributed by atoms with van der Waals surface area (Å²) in [4.78, 5) is 27.8. The molecule has 0 aliphatic heterocycles. The van der Waals surface area contributed by atoms with Crippen LogP contribution in [0.15, 0.2) is 48.5 Å². The summed E-state index contributed by atoms with van der Waals surface area (Å²) in [5.74, 6) is 0.0976. The van der Waals surface area contributed by atoms with Crippen molar-refractivity contribution in [1.82, 2.24) is 10.2 Å². The second kappa shape index (κ2) is 10.9. The van der Waals surface area contributed by atoms with Crippen LogP contribution in [-0.2, 0) is 22.6 Å². The lowest BCUT2D eigenvalue weighted by atomic mass is 9.95. The molecule has 31 heavy (non-hydrogen) atoms. The predicted molar refractivity (Wildman–Crippen MR) is 118 cm³/mol. The van der Waals surface area contributed by atoms with Crippen LogP contribution in [0.5, 0.6) is 5.75 Å². The van der Waals surface area contributed by atoms with Gasteiger partial charge in [-0.3, -0.25) is 9.59 Å². The fourth-order valence-electron chi connectivity index (χ4n) is 3.96. The molecule has 5 nitrogen and oxygen atoms in total. The second-order valence-electron chi connectivity index (χ2n) is 8.19. The first kappa shape index (κ1) is 22.8. The van der Waals surface area contributed by atoms with Gasteiger partial charge < -0.3 is 15.0 Å². The van der Waals surface area contributed by atoms with E-state index in [4.69, 9.17) is 4.74 Å². The number of methoxy groups -OCH3 is 1. The highest BCUT2D eigenvalue weighted by atomic mass is 19.1. The maximum atomic E-state index is 13.3. The van der Waals surface area contributed by atoms with E-state index in [1.807, 2.05) is 24.3 Å². The molecule has 1 unspecified atom stereocenters. The summed E-state index contributed by atoms with van der Waals surface area (Å²) in [5.41, 5.74) is 1.62. The quantitative estimate of drug-likeness (QED) is 0.687. The van der Waals surface area contributed by atoms with Gasteiger partial charge in [-0.15, -0.1) is 0 Å². The average Bonchev–Trinajstić information content (AvgIpc) is 2.79. The van der Waals surface area contributed by atoms with Crippen molar-refractivity contribution < 1.29 is 18.7 Å². The van der Waals surface area contributed by atoms with Gasteiger partial charge in [0.2, 0.25) is 11.8 Å². The molecule has 1 aliphatic carbocycles. The summed E-state index contributed by atoms with van der Waals surface area (Å²) < 4.78 is 18.5. The zero-order valence-corrected chi connectivity index (χ0v) is 18.3. The summed E-state index contributed by atoms with van der Waals surface area (Å²) in [7, 11) is 1.59. The number of carbonyl (C=O) groups excluding carboxylic acids is 2. The number of benzene rings is 2. The number of rotatable bonds is 8. The Morgan fingerprint density at radius 3 is 2.26 bits per heavy atom. The van der Waals surface area contributed by atoms with Crippen molar-refractivity contribution in [2.75, 3.05) is 7.11 Å². The van der Waals surface area contributed by atoms with E-state index in [1.165, 1.54) is 18.6 Å². The van der Waals surface area contributed by atoms with Crippen LogP contribution < -0.4 is 10.1 Å².